The van der Waals surface area contributed by atoms with Gasteiger partial charge in [0.1, 0.15) is 4.83 Å². The number of thiophene rings is 1. The number of hydrogen-bond acceptors (Lipinski definition) is 5. The number of nitrogens with zero attached hydrogens (tertiary/aromatic N) is 2. The number of allylic oxidation sites excluding steroid dienone is 1. The highest BCUT2D eigenvalue weighted by molar-refractivity contribution is 7.99. The summed E-state index contributed by atoms with van der Waals surface area (Å²) in [5.74, 6) is 0.257. The van der Waals surface area contributed by atoms with Crippen LogP contribution in [0.1, 0.15) is 49.5 Å². The maximum Gasteiger partial charge on any atom is 0.263 e. The number of aromatic nitrogens is 2. The first-order chi connectivity index (χ1) is 13.2. The van der Waals surface area contributed by atoms with Crippen molar-refractivity contribution in [3.8, 4) is 0 Å². The summed E-state index contributed by atoms with van der Waals surface area (Å²) >= 11 is 2.98. The van der Waals surface area contributed by atoms with Crippen molar-refractivity contribution in [1.29, 1.82) is 0 Å². The molecule has 0 spiro atoms. The van der Waals surface area contributed by atoms with Crippen molar-refractivity contribution in [3.63, 3.8) is 0 Å². The van der Waals surface area contributed by atoms with Gasteiger partial charge in [-0.1, -0.05) is 37.6 Å². The van der Waals surface area contributed by atoms with Crippen molar-refractivity contribution in [1.82, 2.24) is 14.9 Å². The Morgan fingerprint density at radius 3 is 2.96 bits per heavy atom. The molecule has 0 atom stereocenters. The highest BCUT2D eigenvalue weighted by Gasteiger charge is 2.22. The zero-order valence-corrected chi connectivity index (χ0v) is 17.5. The van der Waals surface area contributed by atoms with E-state index in [1.807, 2.05) is 0 Å². The van der Waals surface area contributed by atoms with Crippen LogP contribution >= 0.6 is 23.1 Å². The molecule has 146 valence electrons. The zero-order valence-electron chi connectivity index (χ0n) is 15.9. The molecule has 1 aliphatic carbocycles. The Labute approximate surface area is 168 Å². The van der Waals surface area contributed by atoms with Crippen molar-refractivity contribution >= 4 is 39.2 Å². The van der Waals surface area contributed by atoms with Gasteiger partial charge in [0, 0.05) is 18.0 Å². The van der Waals surface area contributed by atoms with Gasteiger partial charge in [-0.3, -0.25) is 14.2 Å². The average molecular weight is 406 g/mol. The Morgan fingerprint density at radius 2 is 2.19 bits per heavy atom. The van der Waals surface area contributed by atoms with Crippen LogP contribution in [0.2, 0.25) is 0 Å². The Hall–Kier alpha value is -1.60. The van der Waals surface area contributed by atoms with Crippen LogP contribution in [0.4, 0.5) is 0 Å². The second-order valence-corrected chi connectivity index (χ2v) is 8.86. The summed E-state index contributed by atoms with van der Waals surface area (Å²) in [6.07, 6.45) is 9.28. The van der Waals surface area contributed by atoms with Gasteiger partial charge in [0.05, 0.1) is 11.1 Å². The van der Waals surface area contributed by atoms with Crippen molar-refractivity contribution < 1.29 is 4.79 Å². The Balaban J connectivity index is 1.82. The molecule has 27 heavy (non-hydrogen) atoms. The molecule has 7 heteroatoms. The van der Waals surface area contributed by atoms with Gasteiger partial charge in [0.15, 0.2) is 5.16 Å². The van der Waals surface area contributed by atoms with Gasteiger partial charge >= 0.3 is 0 Å². The molecular formula is C20H27N3O2S2. The molecule has 2 heterocycles. The third-order valence-corrected chi connectivity index (χ3v) is 6.95. The number of nitrogens with one attached hydrogen (secondary N) is 1. The first kappa shape index (κ1) is 20.1. The second kappa shape index (κ2) is 9.55. The van der Waals surface area contributed by atoms with Crippen LogP contribution in [0.5, 0.6) is 0 Å². The van der Waals surface area contributed by atoms with Crippen LogP contribution in [0.15, 0.2) is 22.6 Å². The van der Waals surface area contributed by atoms with E-state index >= 15 is 0 Å². The van der Waals surface area contributed by atoms with E-state index in [1.54, 1.807) is 22.0 Å². The van der Waals surface area contributed by atoms with Gasteiger partial charge in [-0.05, 0) is 37.7 Å². The van der Waals surface area contributed by atoms with Gasteiger partial charge < -0.3 is 5.32 Å². The molecule has 1 amide bonds. The van der Waals surface area contributed by atoms with E-state index < -0.39 is 0 Å². The number of hydrogen-bond donors (Lipinski definition) is 1. The van der Waals surface area contributed by atoms with Crippen LogP contribution in [0.3, 0.4) is 0 Å². The standard InChI is InChI=1S/C20H27N3O2S2/c1-3-5-8-11-21-16(24)13-26-20-22-18-17(19(25)23(20)12-4-2)14-9-6-7-10-15(14)27-18/h4H,2-3,5-13H2,1H3,(H,21,24). The number of unbranched alkanes of at least 4 members (excludes halogenated alkanes) is 2. The summed E-state index contributed by atoms with van der Waals surface area (Å²) in [6, 6.07) is 0. The summed E-state index contributed by atoms with van der Waals surface area (Å²) < 4.78 is 1.66. The van der Waals surface area contributed by atoms with Crippen molar-refractivity contribution in [3.05, 3.63) is 33.4 Å². The van der Waals surface area contributed by atoms with E-state index in [9.17, 15) is 9.59 Å². The lowest BCUT2D eigenvalue weighted by Crippen LogP contribution is -2.27. The lowest BCUT2D eigenvalue weighted by atomic mass is 9.97. The summed E-state index contributed by atoms with van der Waals surface area (Å²) in [5.41, 5.74) is 1.20. The molecule has 0 aliphatic heterocycles. The summed E-state index contributed by atoms with van der Waals surface area (Å²) in [7, 11) is 0. The molecule has 0 saturated carbocycles. The molecule has 2 aromatic rings. The Kier molecular flexibility index (Phi) is 7.13. The minimum atomic E-state index is -0.0129. The fourth-order valence-electron chi connectivity index (χ4n) is 3.40. The molecule has 0 bridgehead atoms. The molecular weight excluding hydrogens is 378 g/mol. The van der Waals surface area contributed by atoms with Gasteiger partial charge in [0.2, 0.25) is 5.91 Å². The van der Waals surface area contributed by atoms with E-state index in [0.717, 1.165) is 48.7 Å². The van der Waals surface area contributed by atoms with E-state index in [-0.39, 0.29) is 17.2 Å². The normalized spacial score (nSPS) is 13.5. The molecule has 0 radical (unpaired) electrons. The van der Waals surface area contributed by atoms with Crippen LogP contribution in [-0.2, 0) is 24.2 Å². The maximum absolute atomic E-state index is 13.1. The van der Waals surface area contributed by atoms with Crippen LogP contribution in [-0.4, -0.2) is 27.8 Å². The number of amides is 1. The van der Waals surface area contributed by atoms with E-state index in [0.29, 0.717) is 18.2 Å². The number of fused-ring (bicyclic) bond motifs is 3. The first-order valence-corrected chi connectivity index (χ1v) is 11.5. The summed E-state index contributed by atoms with van der Waals surface area (Å²) in [5, 5.41) is 4.33. The van der Waals surface area contributed by atoms with Crippen LogP contribution < -0.4 is 10.9 Å². The number of carbonyl (C=O) groups is 1. The maximum atomic E-state index is 13.1. The van der Waals surface area contributed by atoms with Crippen molar-refractivity contribution in [2.45, 2.75) is 63.6 Å². The highest BCUT2D eigenvalue weighted by Crippen LogP contribution is 2.34. The molecule has 3 rings (SSSR count). The molecule has 1 aliphatic rings. The lowest BCUT2D eigenvalue weighted by Gasteiger charge is -2.12. The predicted molar refractivity (Wildman–Crippen MR) is 114 cm³/mol. The smallest absolute Gasteiger partial charge is 0.263 e. The van der Waals surface area contributed by atoms with Crippen molar-refractivity contribution in [2.75, 3.05) is 12.3 Å². The van der Waals surface area contributed by atoms with Gasteiger partial charge in [-0.15, -0.1) is 17.9 Å². The van der Waals surface area contributed by atoms with E-state index in [2.05, 4.69) is 18.8 Å². The van der Waals surface area contributed by atoms with Gasteiger partial charge in [-0.2, -0.15) is 0 Å². The first-order valence-electron chi connectivity index (χ1n) is 9.71. The molecule has 2 aromatic heterocycles. The third-order valence-electron chi connectivity index (χ3n) is 4.79. The average Bonchev–Trinajstić information content (AvgIpc) is 3.04. The number of rotatable bonds is 9. The van der Waals surface area contributed by atoms with E-state index in [4.69, 9.17) is 4.98 Å². The molecule has 0 unspecified atom stereocenters. The molecule has 1 N–H and O–H groups in total. The molecule has 0 aromatic carbocycles. The van der Waals surface area contributed by atoms with Gasteiger partial charge in [0.25, 0.3) is 5.56 Å². The van der Waals surface area contributed by atoms with Crippen molar-refractivity contribution in [2.24, 2.45) is 0 Å². The minimum absolute atomic E-state index is 0.00477. The molecule has 0 fully saturated rings. The fraction of sp³-hybridized carbons (Fsp3) is 0.550. The summed E-state index contributed by atoms with van der Waals surface area (Å²) in [6.45, 7) is 7.03. The van der Waals surface area contributed by atoms with Crippen LogP contribution in [0, 0.1) is 0 Å². The lowest BCUT2D eigenvalue weighted by molar-refractivity contribution is -0.118. The Morgan fingerprint density at radius 1 is 1.37 bits per heavy atom. The van der Waals surface area contributed by atoms with Gasteiger partial charge in [-0.25, -0.2) is 4.98 Å². The number of carbonyl (C=O) groups excluding carboxylic acids is 1. The third kappa shape index (κ3) is 4.63. The summed E-state index contributed by atoms with van der Waals surface area (Å²) in [4.78, 5) is 32.1. The number of thioether (sulfide) groups is 1. The highest BCUT2D eigenvalue weighted by atomic mass is 32.2. The zero-order chi connectivity index (χ0) is 19.2. The topological polar surface area (TPSA) is 64.0 Å². The molecule has 0 saturated heterocycles. The monoisotopic (exact) mass is 405 g/mol. The minimum Gasteiger partial charge on any atom is -0.355 e. The second-order valence-electron chi connectivity index (χ2n) is 6.84. The van der Waals surface area contributed by atoms with E-state index in [1.165, 1.54) is 28.6 Å². The SMILES string of the molecule is C=CCn1c(SCC(=O)NCCCCC)nc2sc3c(c2c1=O)CCCC3. The van der Waals surface area contributed by atoms with Crippen LogP contribution in [0.25, 0.3) is 10.2 Å². The largest absolute Gasteiger partial charge is 0.355 e. The molecule has 5 nitrogen and oxygen atoms in total. The number of aryl methyl sites for hydroxylation is 2. The quantitative estimate of drug-likeness (QED) is 0.297. The fourth-order valence-corrected chi connectivity index (χ4v) is 5.55. The Bertz CT molecular complexity index is 885. The predicted octanol–water partition coefficient (Wildman–Crippen LogP) is 3.92.